The van der Waals surface area contributed by atoms with E-state index in [0.29, 0.717) is 10.6 Å². The maximum Gasteiger partial charge on any atom is 0.238 e. The first-order chi connectivity index (χ1) is 10.0. The number of nitrogens with zero attached hydrogens (tertiary/aromatic N) is 2. The minimum atomic E-state index is -0.207. The van der Waals surface area contributed by atoms with Gasteiger partial charge in [-0.3, -0.25) is 9.59 Å². The van der Waals surface area contributed by atoms with Crippen molar-refractivity contribution >= 4 is 28.2 Å². The Balaban J connectivity index is 1.82. The molecule has 2 aliphatic carbocycles. The lowest BCUT2D eigenvalue weighted by atomic mass is 9.85. The van der Waals surface area contributed by atoms with E-state index < -0.39 is 0 Å². The Kier molecular flexibility index (Phi) is 2.46. The fraction of sp³-hybridized carbons (Fsp3) is 0.438. The maximum atomic E-state index is 12.7. The molecule has 1 aromatic rings. The van der Waals surface area contributed by atoms with E-state index >= 15 is 0 Å². The van der Waals surface area contributed by atoms with Crippen LogP contribution in [-0.2, 0) is 9.59 Å². The number of imide groups is 1. The van der Waals surface area contributed by atoms with Gasteiger partial charge in [0, 0.05) is 4.88 Å². The molecule has 2 bridgehead atoms. The third-order valence-corrected chi connectivity index (χ3v) is 6.34. The number of allylic oxidation sites excluding steroid dienone is 2. The number of thiophene rings is 1. The van der Waals surface area contributed by atoms with Crippen molar-refractivity contribution in [3.63, 3.8) is 0 Å². The molecule has 1 aliphatic heterocycles. The summed E-state index contributed by atoms with van der Waals surface area (Å²) in [5.74, 6) is -0.231. The van der Waals surface area contributed by atoms with Gasteiger partial charge in [-0.05, 0) is 37.7 Å². The first kappa shape index (κ1) is 12.8. The van der Waals surface area contributed by atoms with Crippen molar-refractivity contribution in [2.24, 2.45) is 23.7 Å². The van der Waals surface area contributed by atoms with Gasteiger partial charge < -0.3 is 0 Å². The molecule has 106 valence electrons. The van der Waals surface area contributed by atoms with Crippen molar-refractivity contribution < 1.29 is 9.59 Å². The smallest absolute Gasteiger partial charge is 0.238 e. The van der Waals surface area contributed by atoms with Crippen LogP contribution in [0.2, 0.25) is 0 Å². The van der Waals surface area contributed by atoms with E-state index in [1.54, 1.807) is 0 Å². The minimum absolute atomic E-state index is 0.111. The van der Waals surface area contributed by atoms with Gasteiger partial charge in [-0.15, -0.1) is 11.3 Å². The number of fused-ring (bicyclic) bond motifs is 5. The molecule has 4 rings (SSSR count). The molecule has 0 N–H and O–H groups in total. The van der Waals surface area contributed by atoms with Crippen molar-refractivity contribution in [3.05, 3.63) is 28.2 Å². The number of amides is 2. The van der Waals surface area contributed by atoms with Crippen LogP contribution in [0.1, 0.15) is 22.4 Å². The molecule has 0 radical (unpaired) electrons. The average Bonchev–Trinajstić information content (AvgIpc) is 3.17. The molecule has 0 aromatic carbocycles. The summed E-state index contributed by atoms with van der Waals surface area (Å²) < 4.78 is 0. The molecule has 4 atom stereocenters. The van der Waals surface area contributed by atoms with Gasteiger partial charge in [0.05, 0.1) is 17.4 Å². The highest BCUT2D eigenvalue weighted by Crippen LogP contribution is 2.54. The van der Waals surface area contributed by atoms with E-state index in [1.807, 2.05) is 13.8 Å². The number of hydrogen-bond acceptors (Lipinski definition) is 4. The van der Waals surface area contributed by atoms with Crippen LogP contribution in [0.5, 0.6) is 0 Å². The topological polar surface area (TPSA) is 61.2 Å². The van der Waals surface area contributed by atoms with Crippen molar-refractivity contribution in [1.29, 1.82) is 5.26 Å². The number of rotatable bonds is 1. The summed E-state index contributed by atoms with van der Waals surface area (Å²) in [5, 5.41) is 9.88. The van der Waals surface area contributed by atoms with E-state index in [-0.39, 0.29) is 35.5 Å². The molecule has 1 saturated heterocycles. The van der Waals surface area contributed by atoms with Gasteiger partial charge >= 0.3 is 0 Å². The predicted octanol–water partition coefficient (Wildman–Crippen LogP) is 2.55. The Bertz CT molecular complexity index is 725. The fourth-order valence-corrected chi connectivity index (χ4v) is 5.12. The number of aryl methyl sites for hydroxylation is 1. The molecule has 2 amide bonds. The Labute approximate surface area is 126 Å². The van der Waals surface area contributed by atoms with Crippen molar-refractivity contribution in [2.45, 2.75) is 20.3 Å². The van der Waals surface area contributed by atoms with Crippen LogP contribution in [0.25, 0.3) is 0 Å². The third-order valence-electron chi connectivity index (χ3n) is 5.15. The molecule has 3 aliphatic rings. The van der Waals surface area contributed by atoms with Crippen molar-refractivity contribution in [3.8, 4) is 6.07 Å². The van der Waals surface area contributed by atoms with Gasteiger partial charge in [-0.1, -0.05) is 12.2 Å². The lowest BCUT2D eigenvalue weighted by Gasteiger charge is -2.15. The number of carbonyl (C=O) groups is 2. The van der Waals surface area contributed by atoms with E-state index in [9.17, 15) is 14.9 Å². The third kappa shape index (κ3) is 1.43. The van der Waals surface area contributed by atoms with Gasteiger partial charge in [0.25, 0.3) is 0 Å². The van der Waals surface area contributed by atoms with E-state index in [2.05, 4.69) is 18.2 Å². The summed E-state index contributed by atoms with van der Waals surface area (Å²) in [4.78, 5) is 27.8. The molecule has 4 nitrogen and oxygen atoms in total. The van der Waals surface area contributed by atoms with Gasteiger partial charge in [0.1, 0.15) is 11.1 Å². The van der Waals surface area contributed by atoms with Gasteiger partial charge in [-0.25, -0.2) is 4.90 Å². The van der Waals surface area contributed by atoms with Gasteiger partial charge in [0.2, 0.25) is 11.8 Å². The number of anilines is 1. The van der Waals surface area contributed by atoms with Crippen LogP contribution < -0.4 is 4.90 Å². The van der Waals surface area contributed by atoms with E-state index in [4.69, 9.17) is 0 Å². The normalized spacial score (nSPS) is 32.9. The summed E-state index contributed by atoms with van der Waals surface area (Å²) in [5.41, 5.74) is 1.34. The average molecular weight is 298 g/mol. The summed E-state index contributed by atoms with van der Waals surface area (Å²) in [7, 11) is 0. The molecule has 2 heterocycles. The molecule has 0 unspecified atom stereocenters. The SMILES string of the molecule is Cc1sc(N2C(=O)[C@@H]3[C@H](C2=O)[C@@H]2C=C[C@@H]3C2)c(C#N)c1C. The maximum absolute atomic E-state index is 12.7. The number of nitriles is 1. The zero-order valence-electron chi connectivity index (χ0n) is 11.8. The standard InChI is InChI=1S/C16H14N2O2S/c1-7-8(2)21-16(11(7)6-17)18-14(19)12-9-3-4-10(5-9)13(12)15(18)20/h3-4,9-10,12-13H,5H2,1-2H3/t9-,10-,12-,13+/m1/s1. The predicted molar refractivity (Wildman–Crippen MR) is 78.7 cm³/mol. The minimum Gasteiger partial charge on any atom is -0.274 e. The van der Waals surface area contributed by atoms with Crippen LogP contribution in [0.3, 0.4) is 0 Å². The quantitative estimate of drug-likeness (QED) is 0.591. The van der Waals surface area contributed by atoms with Gasteiger partial charge in [0.15, 0.2) is 0 Å². The molecular weight excluding hydrogens is 284 g/mol. The Morgan fingerprint density at radius 1 is 1.19 bits per heavy atom. The number of carbonyl (C=O) groups excluding carboxylic acids is 2. The van der Waals surface area contributed by atoms with E-state index in [1.165, 1.54) is 16.2 Å². The molecule has 2 fully saturated rings. The second-order valence-corrected chi connectivity index (χ2v) is 7.29. The Morgan fingerprint density at radius 3 is 2.29 bits per heavy atom. The largest absolute Gasteiger partial charge is 0.274 e. The summed E-state index contributed by atoms with van der Waals surface area (Å²) >= 11 is 1.37. The Morgan fingerprint density at radius 2 is 1.76 bits per heavy atom. The monoisotopic (exact) mass is 298 g/mol. The molecular formula is C16H14N2O2S. The summed E-state index contributed by atoms with van der Waals surface area (Å²) in [6, 6.07) is 2.16. The van der Waals surface area contributed by atoms with Crippen molar-refractivity contribution in [2.75, 3.05) is 4.90 Å². The highest BCUT2D eigenvalue weighted by atomic mass is 32.1. The van der Waals surface area contributed by atoms with Crippen molar-refractivity contribution in [1.82, 2.24) is 0 Å². The van der Waals surface area contributed by atoms with Crippen LogP contribution in [0, 0.1) is 48.9 Å². The van der Waals surface area contributed by atoms with Crippen LogP contribution in [0.4, 0.5) is 5.00 Å². The molecule has 1 aromatic heterocycles. The van der Waals surface area contributed by atoms with Crippen LogP contribution in [0.15, 0.2) is 12.2 Å². The lowest BCUT2D eigenvalue weighted by molar-refractivity contribution is -0.123. The summed E-state index contributed by atoms with van der Waals surface area (Å²) in [6.45, 7) is 3.78. The number of hydrogen-bond donors (Lipinski definition) is 0. The molecule has 5 heteroatoms. The lowest BCUT2D eigenvalue weighted by Crippen LogP contribution is -2.32. The highest BCUT2D eigenvalue weighted by molar-refractivity contribution is 7.17. The molecule has 0 spiro atoms. The fourth-order valence-electron chi connectivity index (χ4n) is 4.00. The zero-order chi connectivity index (χ0) is 14.9. The van der Waals surface area contributed by atoms with Crippen LogP contribution >= 0.6 is 11.3 Å². The first-order valence-electron chi connectivity index (χ1n) is 7.10. The molecule has 1 saturated carbocycles. The Hall–Kier alpha value is -1.93. The summed E-state index contributed by atoms with van der Waals surface area (Å²) in [6.07, 6.45) is 5.08. The highest BCUT2D eigenvalue weighted by Gasteiger charge is 2.60. The van der Waals surface area contributed by atoms with E-state index in [0.717, 1.165) is 16.9 Å². The first-order valence-corrected chi connectivity index (χ1v) is 7.92. The zero-order valence-corrected chi connectivity index (χ0v) is 12.6. The second kappa shape index (κ2) is 4.05. The second-order valence-electron chi connectivity index (χ2n) is 6.09. The molecule has 21 heavy (non-hydrogen) atoms. The van der Waals surface area contributed by atoms with Gasteiger partial charge in [-0.2, -0.15) is 5.26 Å². The van der Waals surface area contributed by atoms with Crippen LogP contribution in [-0.4, -0.2) is 11.8 Å².